The van der Waals surface area contributed by atoms with Crippen molar-refractivity contribution in [2.75, 3.05) is 11.9 Å². The first-order valence-corrected chi connectivity index (χ1v) is 8.48. The van der Waals surface area contributed by atoms with Gasteiger partial charge in [-0.3, -0.25) is 5.10 Å². The van der Waals surface area contributed by atoms with Crippen LogP contribution in [-0.2, 0) is 0 Å². The van der Waals surface area contributed by atoms with E-state index in [-0.39, 0.29) is 12.1 Å². The van der Waals surface area contributed by atoms with Gasteiger partial charge in [-0.2, -0.15) is 5.10 Å². The van der Waals surface area contributed by atoms with Crippen LogP contribution in [0, 0.1) is 6.92 Å². The maximum absolute atomic E-state index is 12.4. The number of carbonyl (C=O) groups excluding carboxylic acids is 1. The van der Waals surface area contributed by atoms with Crippen molar-refractivity contribution < 1.29 is 9.53 Å². The number of aryl methyl sites for hydroxylation is 1. The molecule has 1 aliphatic heterocycles. The highest BCUT2D eigenvalue weighted by molar-refractivity contribution is 5.90. The number of amides is 2. The molecule has 132 valence electrons. The van der Waals surface area contributed by atoms with E-state index in [2.05, 4.69) is 25.8 Å². The minimum atomic E-state index is -0.255. The molecule has 2 heterocycles. The molecule has 0 fully saturated rings. The Balaban J connectivity index is 1.46. The van der Waals surface area contributed by atoms with Crippen LogP contribution < -0.4 is 15.4 Å². The molecule has 0 radical (unpaired) electrons. The van der Waals surface area contributed by atoms with Gasteiger partial charge in [-0.1, -0.05) is 30.3 Å². The number of ether oxygens (including phenoxy) is 1. The second-order valence-corrected chi connectivity index (χ2v) is 6.15. The first kappa shape index (κ1) is 16.1. The number of carbonyl (C=O) groups is 1. The number of para-hydroxylation sites is 1. The van der Waals surface area contributed by atoms with Crippen LogP contribution in [0.3, 0.4) is 0 Å². The van der Waals surface area contributed by atoms with Gasteiger partial charge in [0.1, 0.15) is 11.6 Å². The molecule has 3 N–H and O–H groups in total. The highest BCUT2D eigenvalue weighted by atomic mass is 16.5. The average Bonchev–Trinajstić information content (AvgIpc) is 3.09. The Morgan fingerprint density at radius 2 is 2.12 bits per heavy atom. The fourth-order valence-electron chi connectivity index (χ4n) is 3.03. The second-order valence-electron chi connectivity index (χ2n) is 6.15. The van der Waals surface area contributed by atoms with Crippen LogP contribution >= 0.6 is 0 Å². The number of fused-ring (bicyclic) bond motifs is 1. The van der Waals surface area contributed by atoms with E-state index in [4.69, 9.17) is 4.74 Å². The Hall–Kier alpha value is -3.35. The van der Waals surface area contributed by atoms with E-state index in [0.29, 0.717) is 18.1 Å². The summed E-state index contributed by atoms with van der Waals surface area (Å²) < 4.78 is 5.63. The Labute approximate surface area is 150 Å². The Morgan fingerprint density at radius 1 is 1.23 bits per heavy atom. The molecular formula is C19H19N5O2. The Bertz CT molecular complexity index is 937. The maximum Gasteiger partial charge on any atom is 0.319 e. The van der Waals surface area contributed by atoms with Crippen LogP contribution in [0.1, 0.15) is 23.9 Å². The molecular weight excluding hydrogens is 330 g/mol. The zero-order chi connectivity index (χ0) is 17.9. The average molecular weight is 349 g/mol. The topological polar surface area (TPSA) is 91.9 Å². The zero-order valence-electron chi connectivity index (χ0n) is 14.3. The predicted octanol–water partition coefficient (Wildman–Crippen LogP) is 3.43. The molecule has 1 atom stereocenters. The van der Waals surface area contributed by atoms with E-state index in [9.17, 15) is 4.79 Å². The van der Waals surface area contributed by atoms with Gasteiger partial charge in [-0.25, -0.2) is 9.78 Å². The summed E-state index contributed by atoms with van der Waals surface area (Å²) in [5.74, 6) is 2.17. The lowest BCUT2D eigenvalue weighted by Crippen LogP contribution is -2.35. The quantitative estimate of drug-likeness (QED) is 0.675. The zero-order valence-corrected chi connectivity index (χ0v) is 14.3. The minimum absolute atomic E-state index is 0.0706. The van der Waals surface area contributed by atoms with Gasteiger partial charge in [0.2, 0.25) is 0 Å². The summed E-state index contributed by atoms with van der Waals surface area (Å²) >= 11 is 0. The molecule has 4 rings (SSSR count). The standard InChI is InChI=1S/C19H19N5O2/c1-12-20-18(24-23-12)13-5-4-6-14(11-13)21-19(25)22-16-9-10-26-17-8-3-2-7-15(16)17/h2-8,11,16H,9-10H2,1H3,(H,20,23,24)(H2,21,22,25)/t16-/m1/s1. The lowest BCUT2D eigenvalue weighted by atomic mass is 10.0. The van der Waals surface area contributed by atoms with Crippen molar-refractivity contribution in [3.8, 4) is 17.1 Å². The molecule has 1 aliphatic rings. The van der Waals surface area contributed by atoms with Gasteiger partial charge in [0.05, 0.1) is 12.6 Å². The van der Waals surface area contributed by atoms with Crippen molar-refractivity contribution in [1.29, 1.82) is 0 Å². The molecule has 3 aromatic rings. The van der Waals surface area contributed by atoms with Crippen LogP contribution in [0.15, 0.2) is 48.5 Å². The molecule has 0 bridgehead atoms. The fourth-order valence-corrected chi connectivity index (χ4v) is 3.03. The van der Waals surface area contributed by atoms with Crippen LogP contribution in [0.2, 0.25) is 0 Å². The lowest BCUT2D eigenvalue weighted by molar-refractivity contribution is 0.232. The lowest BCUT2D eigenvalue weighted by Gasteiger charge is -2.26. The van der Waals surface area contributed by atoms with Gasteiger partial charge in [-0.15, -0.1) is 0 Å². The molecule has 0 aliphatic carbocycles. The Kier molecular flexibility index (Phi) is 4.27. The van der Waals surface area contributed by atoms with E-state index in [0.717, 1.165) is 29.1 Å². The number of aromatic nitrogens is 3. The summed E-state index contributed by atoms with van der Waals surface area (Å²) in [6.07, 6.45) is 0.737. The molecule has 7 nitrogen and oxygen atoms in total. The van der Waals surface area contributed by atoms with Crippen molar-refractivity contribution in [1.82, 2.24) is 20.5 Å². The number of hydrogen-bond acceptors (Lipinski definition) is 4. The molecule has 1 aromatic heterocycles. The fraction of sp³-hybridized carbons (Fsp3) is 0.211. The number of benzene rings is 2. The van der Waals surface area contributed by atoms with Crippen LogP contribution in [0.25, 0.3) is 11.4 Å². The monoisotopic (exact) mass is 349 g/mol. The molecule has 0 unspecified atom stereocenters. The number of aromatic amines is 1. The summed E-state index contributed by atoms with van der Waals surface area (Å²) in [7, 11) is 0. The number of nitrogens with zero attached hydrogens (tertiary/aromatic N) is 2. The van der Waals surface area contributed by atoms with E-state index in [1.165, 1.54) is 0 Å². The number of nitrogens with one attached hydrogen (secondary N) is 3. The highest BCUT2D eigenvalue weighted by Gasteiger charge is 2.22. The summed E-state index contributed by atoms with van der Waals surface area (Å²) in [4.78, 5) is 16.8. The van der Waals surface area contributed by atoms with E-state index in [1.54, 1.807) is 0 Å². The minimum Gasteiger partial charge on any atom is -0.493 e. The van der Waals surface area contributed by atoms with Crippen LogP contribution in [0.5, 0.6) is 5.75 Å². The van der Waals surface area contributed by atoms with Gasteiger partial charge in [-0.05, 0) is 25.1 Å². The van der Waals surface area contributed by atoms with Gasteiger partial charge < -0.3 is 15.4 Å². The third-order valence-electron chi connectivity index (χ3n) is 4.24. The predicted molar refractivity (Wildman–Crippen MR) is 98.0 cm³/mol. The molecule has 0 spiro atoms. The maximum atomic E-state index is 12.4. The van der Waals surface area contributed by atoms with E-state index < -0.39 is 0 Å². The number of hydrogen-bond donors (Lipinski definition) is 3. The molecule has 0 saturated heterocycles. The molecule has 7 heteroatoms. The summed E-state index contributed by atoms with van der Waals surface area (Å²) in [6.45, 7) is 2.43. The summed E-state index contributed by atoms with van der Waals surface area (Å²) in [5, 5.41) is 12.9. The number of urea groups is 1. The van der Waals surface area contributed by atoms with Crippen molar-refractivity contribution in [2.24, 2.45) is 0 Å². The van der Waals surface area contributed by atoms with Gasteiger partial charge >= 0.3 is 6.03 Å². The number of anilines is 1. The largest absolute Gasteiger partial charge is 0.493 e. The van der Waals surface area contributed by atoms with Crippen LogP contribution in [0.4, 0.5) is 10.5 Å². The third kappa shape index (κ3) is 3.37. The SMILES string of the molecule is Cc1nc(-c2cccc(NC(=O)N[C@@H]3CCOc4ccccc43)c2)n[nH]1. The van der Waals surface area contributed by atoms with Crippen molar-refractivity contribution in [3.05, 3.63) is 59.9 Å². The van der Waals surface area contributed by atoms with E-state index in [1.807, 2.05) is 55.5 Å². The van der Waals surface area contributed by atoms with Crippen molar-refractivity contribution >= 4 is 11.7 Å². The number of H-pyrrole nitrogens is 1. The van der Waals surface area contributed by atoms with Gasteiger partial charge in [0.15, 0.2) is 5.82 Å². The highest BCUT2D eigenvalue weighted by Crippen LogP contribution is 2.31. The Morgan fingerprint density at radius 3 is 2.96 bits per heavy atom. The van der Waals surface area contributed by atoms with E-state index >= 15 is 0 Å². The molecule has 26 heavy (non-hydrogen) atoms. The normalized spacial score (nSPS) is 15.7. The van der Waals surface area contributed by atoms with Crippen LogP contribution in [-0.4, -0.2) is 27.8 Å². The molecule has 2 amide bonds. The van der Waals surface area contributed by atoms with Gasteiger partial charge in [0, 0.05) is 23.2 Å². The second kappa shape index (κ2) is 6.87. The third-order valence-corrected chi connectivity index (χ3v) is 4.24. The molecule has 2 aromatic carbocycles. The first-order chi connectivity index (χ1) is 12.7. The molecule has 0 saturated carbocycles. The van der Waals surface area contributed by atoms with Crippen molar-refractivity contribution in [3.63, 3.8) is 0 Å². The first-order valence-electron chi connectivity index (χ1n) is 8.48. The summed E-state index contributed by atoms with van der Waals surface area (Å²) in [6, 6.07) is 14.9. The van der Waals surface area contributed by atoms with Crippen molar-refractivity contribution in [2.45, 2.75) is 19.4 Å². The number of rotatable bonds is 3. The smallest absolute Gasteiger partial charge is 0.319 e. The van der Waals surface area contributed by atoms with Gasteiger partial charge in [0.25, 0.3) is 0 Å². The summed E-state index contributed by atoms with van der Waals surface area (Å²) in [5.41, 5.74) is 2.52.